The van der Waals surface area contributed by atoms with Crippen molar-refractivity contribution < 1.29 is 4.42 Å². The molecule has 4 rings (SSSR count). The van der Waals surface area contributed by atoms with Crippen molar-refractivity contribution in [1.29, 1.82) is 0 Å². The molecule has 0 aliphatic rings. The molecule has 0 saturated heterocycles. The van der Waals surface area contributed by atoms with Gasteiger partial charge in [-0.05, 0) is 12.1 Å². The molecule has 0 aliphatic heterocycles. The normalized spacial score (nSPS) is 11.1. The summed E-state index contributed by atoms with van der Waals surface area (Å²) >= 11 is 0. The Morgan fingerprint density at radius 3 is 2.33 bits per heavy atom. The van der Waals surface area contributed by atoms with Crippen LogP contribution < -0.4 is 5.32 Å². The number of hydrogen-bond donors (Lipinski definition) is 1. The monoisotopic (exact) mass is 273 g/mol. The molecule has 0 radical (unpaired) electrons. The van der Waals surface area contributed by atoms with Crippen molar-refractivity contribution in [1.82, 2.24) is 0 Å². The van der Waals surface area contributed by atoms with E-state index in [2.05, 4.69) is 47.8 Å². The Kier molecular flexibility index (Phi) is 2.68. The molecule has 0 fully saturated rings. The van der Waals surface area contributed by atoms with Crippen molar-refractivity contribution in [3.63, 3.8) is 0 Å². The largest absolute Gasteiger partial charge is 0.455 e. The van der Waals surface area contributed by atoms with Crippen molar-refractivity contribution in [3.8, 4) is 11.1 Å². The highest BCUT2D eigenvalue weighted by Gasteiger charge is 2.13. The summed E-state index contributed by atoms with van der Waals surface area (Å²) in [4.78, 5) is 0. The Morgan fingerprint density at radius 2 is 1.43 bits per heavy atom. The molecule has 1 N–H and O–H groups in total. The molecule has 0 atom stereocenters. The minimum absolute atomic E-state index is 0.932. The quantitative estimate of drug-likeness (QED) is 0.536. The van der Waals surface area contributed by atoms with Gasteiger partial charge in [0.05, 0.1) is 0 Å². The van der Waals surface area contributed by atoms with Crippen LogP contribution in [0.4, 0.5) is 5.69 Å². The lowest BCUT2D eigenvalue weighted by Crippen LogP contribution is -1.91. The lowest BCUT2D eigenvalue weighted by Gasteiger charge is -2.09. The molecule has 0 bridgehead atoms. The molecule has 2 nitrogen and oxygen atoms in total. The van der Waals surface area contributed by atoms with Crippen LogP contribution in [0.25, 0.3) is 33.1 Å². The molecule has 0 spiro atoms. The van der Waals surface area contributed by atoms with Crippen LogP contribution in [0.3, 0.4) is 0 Å². The number of anilines is 1. The third-order valence-electron chi connectivity index (χ3n) is 3.89. The van der Waals surface area contributed by atoms with Crippen molar-refractivity contribution in [3.05, 3.63) is 66.7 Å². The SMILES string of the molecule is CNc1ccccc1-c1cccc2c1oc1ccccc12. The third-order valence-corrected chi connectivity index (χ3v) is 3.89. The second-order valence-electron chi connectivity index (χ2n) is 5.08. The maximum absolute atomic E-state index is 6.11. The van der Waals surface area contributed by atoms with Crippen molar-refractivity contribution in [2.45, 2.75) is 0 Å². The predicted octanol–water partition coefficient (Wildman–Crippen LogP) is 5.29. The Balaban J connectivity index is 2.10. The van der Waals surface area contributed by atoms with Gasteiger partial charge in [0.1, 0.15) is 11.2 Å². The van der Waals surface area contributed by atoms with Gasteiger partial charge in [-0.2, -0.15) is 0 Å². The number of fused-ring (bicyclic) bond motifs is 3. The molecule has 0 amide bonds. The summed E-state index contributed by atoms with van der Waals surface area (Å²) in [5.74, 6) is 0. The minimum Gasteiger partial charge on any atom is -0.455 e. The molecule has 0 aliphatic carbocycles. The number of rotatable bonds is 2. The van der Waals surface area contributed by atoms with Crippen LogP contribution >= 0.6 is 0 Å². The number of nitrogens with one attached hydrogen (secondary N) is 1. The highest BCUT2D eigenvalue weighted by atomic mass is 16.3. The van der Waals surface area contributed by atoms with Gasteiger partial charge in [0.15, 0.2) is 0 Å². The van der Waals surface area contributed by atoms with Crippen LogP contribution in [0, 0.1) is 0 Å². The van der Waals surface area contributed by atoms with Crippen LogP contribution in [0.1, 0.15) is 0 Å². The van der Waals surface area contributed by atoms with Gasteiger partial charge in [0.2, 0.25) is 0 Å². The second-order valence-corrected chi connectivity index (χ2v) is 5.08. The summed E-state index contributed by atoms with van der Waals surface area (Å²) in [6, 6.07) is 22.8. The molecule has 3 aromatic carbocycles. The van der Waals surface area contributed by atoms with Gasteiger partial charge < -0.3 is 9.73 Å². The van der Waals surface area contributed by atoms with Gasteiger partial charge in [0, 0.05) is 34.6 Å². The highest BCUT2D eigenvalue weighted by Crippen LogP contribution is 2.37. The first kappa shape index (κ1) is 12.0. The maximum Gasteiger partial charge on any atom is 0.143 e. The molecule has 21 heavy (non-hydrogen) atoms. The number of furan rings is 1. The summed E-state index contributed by atoms with van der Waals surface area (Å²) in [6.07, 6.45) is 0. The fourth-order valence-electron chi connectivity index (χ4n) is 2.90. The van der Waals surface area contributed by atoms with Crippen molar-refractivity contribution in [2.24, 2.45) is 0 Å². The van der Waals surface area contributed by atoms with E-state index in [-0.39, 0.29) is 0 Å². The second kappa shape index (κ2) is 4.67. The molecule has 1 aromatic heterocycles. The summed E-state index contributed by atoms with van der Waals surface area (Å²) < 4.78 is 6.11. The van der Waals surface area contributed by atoms with Crippen LogP contribution in [-0.2, 0) is 0 Å². The molecule has 0 saturated carbocycles. The maximum atomic E-state index is 6.11. The van der Waals surface area contributed by atoms with Crippen molar-refractivity contribution in [2.75, 3.05) is 12.4 Å². The summed E-state index contributed by atoms with van der Waals surface area (Å²) in [6.45, 7) is 0. The first-order valence-corrected chi connectivity index (χ1v) is 7.06. The van der Waals surface area contributed by atoms with Gasteiger partial charge in [-0.15, -0.1) is 0 Å². The molecule has 1 heterocycles. The molecule has 0 unspecified atom stereocenters. The van der Waals surface area contributed by atoms with Gasteiger partial charge in [0.25, 0.3) is 0 Å². The van der Waals surface area contributed by atoms with Crippen molar-refractivity contribution >= 4 is 27.6 Å². The summed E-state index contributed by atoms with van der Waals surface area (Å²) in [5.41, 5.74) is 5.26. The van der Waals surface area contributed by atoms with E-state index in [1.807, 2.05) is 31.3 Å². The van der Waals surface area contributed by atoms with E-state index >= 15 is 0 Å². The molecule has 4 aromatic rings. The van der Waals surface area contributed by atoms with E-state index in [4.69, 9.17) is 4.42 Å². The molecule has 102 valence electrons. The van der Waals surface area contributed by atoms with Crippen LogP contribution in [0.2, 0.25) is 0 Å². The Labute approximate surface area is 123 Å². The molecular weight excluding hydrogens is 258 g/mol. The average molecular weight is 273 g/mol. The zero-order chi connectivity index (χ0) is 14.2. The van der Waals surface area contributed by atoms with E-state index in [9.17, 15) is 0 Å². The van der Waals surface area contributed by atoms with E-state index in [0.717, 1.165) is 38.8 Å². The molecule has 2 heteroatoms. The Hall–Kier alpha value is -2.74. The third kappa shape index (κ3) is 1.80. The topological polar surface area (TPSA) is 25.2 Å². The van der Waals surface area contributed by atoms with E-state index in [0.29, 0.717) is 0 Å². The fraction of sp³-hybridized carbons (Fsp3) is 0.0526. The van der Waals surface area contributed by atoms with Gasteiger partial charge in [-0.3, -0.25) is 0 Å². The number of benzene rings is 3. The van der Waals surface area contributed by atoms with Gasteiger partial charge in [-0.1, -0.05) is 54.6 Å². The predicted molar refractivity (Wildman–Crippen MR) is 88.7 cm³/mol. The van der Waals surface area contributed by atoms with Gasteiger partial charge in [-0.25, -0.2) is 0 Å². The van der Waals surface area contributed by atoms with Crippen LogP contribution in [0.15, 0.2) is 71.1 Å². The zero-order valence-electron chi connectivity index (χ0n) is 11.8. The molecular formula is C19H15NO. The number of para-hydroxylation sites is 3. The Bertz CT molecular complexity index is 937. The highest BCUT2D eigenvalue weighted by molar-refractivity contribution is 6.10. The van der Waals surface area contributed by atoms with E-state index < -0.39 is 0 Å². The summed E-state index contributed by atoms with van der Waals surface area (Å²) in [7, 11) is 1.94. The first-order valence-electron chi connectivity index (χ1n) is 7.06. The minimum atomic E-state index is 0.932. The van der Waals surface area contributed by atoms with E-state index in [1.165, 1.54) is 0 Å². The smallest absolute Gasteiger partial charge is 0.143 e. The van der Waals surface area contributed by atoms with E-state index in [1.54, 1.807) is 0 Å². The lowest BCUT2D eigenvalue weighted by atomic mass is 10.0. The van der Waals surface area contributed by atoms with Gasteiger partial charge >= 0.3 is 0 Å². The Morgan fingerprint density at radius 1 is 0.714 bits per heavy atom. The first-order chi connectivity index (χ1) is 10.4. The van der Waals surface area contributed by atoms with Crippen LogP contribution in [0.5, 0.6) is 0 Å². The fourth-order valence-corrected chi connectivity index (χ4v) is 2.90. The zero-order valence-corrected chi connectivity index (χ0v) is 11.8. The standard InChI is InChI=1S/C19H15NO/c1-20-17-11-4-2-7-13(17)15-9-6-10-16-14-8-3-5-12-18(14)21-19(15)16/h2-12,20H,1H3. The average Bonchev–Trinajstić information content (AvgIpc) is 2.93. The number of hydrogen-bond acceptors (Lipinski definition) is 2. The lowest BCUT2D eigenvalue weighted by molar-refractivity contribution is 0.670. The summed E-state index contributed by atoms with van der Waals surface area (Å²) in [5, 5.41) is 5.58. The van der Waals surface area contributed by atoms with Crippen LogP contribution in [-0.4, -0.2) is 7.05 Å².